The van der Waals surface area contributed by atoms with E-state index in [0.717, 1.165) is 41.2 Å². The Balaban J connectivity index is 1.35. The summed E-state index contributed by atoms with van der Waals surface area (Å²) in [6.07, 6.45) is 1.74. The van der Waals surface area contributed by atoms with Crippen LogP contribution in [0.15, 0.2) is 53.6 Å². The molecule has 0 saturated carbocycles. The van der Waals surface area contributed by atoms with Gasteiger partial charge in [0.1, 0.15) is 5.75 Å². The lowest BCUT2D eigenvalue weighted by atomic mass is 10.1. The van der Waals surface area contributed by atoms with Crippen molar-refractivity contribution in [1.29, 1.82) is 0 Å². The van der Waals surface area contributed by atoms with Crippen molar-refractivity contribution in [1.82, 2.24) is 5.01 Å². The summed E-state index contributed by atoms with van der Waals surface area (Å²) >= 11 is 1.65. The zero-order chi connectivity index (χ0) is 19.1. The zero-order valence-electron chi connectivity index (χ0n) is 16.0. The minimum Gasteiger partial charge on any atom is -0.493 e. The van der Waals surface area contributed by atoms with Crippen LogP contribution in [0, 0.1) is 13.8 Å². The molecule has 1 heterocycles. The first-order valence-electron chi connectivity index (χ1n) is 9.34. The summed E-state index contributed by atoms with van der Waals surface area (Å²) in [5, 5.41) is 6.11. The molecule has 3 rings (SSSR count). The molecule has 0 bridgehead atoms. The molecule has 4 nitrogen and oxygen atoms in total. The molecule has 2 aromatic rings. The molecule has 5 heteroatoms. The molecule has 2 aromatic carbocycles. The summed E-state index contributed by atoms with van der Waals surface area (Å²) in [5.41, 5.74) is 4.46. The van der Waals surface area contributed by atoms with Gasteiger partial charge in [-0.05, 0) is 48.8 Å². The maximum absolute atomic E-state index is 12.3. The summed E-state index contributed by atoms with van der Waals surface area (Å²) in [6.45, 7) is 5.48. The highest BCUT2D eigenvalue weighted by Gasteiger charge is 2.21. The van der Waals surface area contributed by atoms with Gasteiger partial charge >= 0.3 is 0 Å². The second-order valence-electron chi connectivity index (χ2n) is 6.70. The van der Waals surface area contributed by atoms with Crippen molar-refractivity contribution in [3.05, 3.63) is 65.2 Å². The molecule has 1 aliphatic rings. The third-order valence-corrected chi connectivity index (χ3v) is 5.48. The fraction of sp³-hybridized carbons (Fsp3) is 0.364. The van der Waals surface area contributed by atoms with Crippen molar-refractivity contribution in [2.75, 3.05) is 24.7 Å². The number of amides is 1. The number of carbonyl (C=O) groups is 1. The molecule has 0 aliphatic carbocycles. The van der Waals surface area contributed by atoms with Crippen LogP contribution in [0.4, 0.5) is 0 Å². The summed E-state index contributed by atoms with van der Waals surface area (Å²) in [4.78, 5) is 12.3. The Kier molecular flexibility index (Phi) is 6.93. The maximum atomic E-state index is 12.3. The number of thioether (sulfide) groups is 1. The van der Waals surface area contributed by atoms with Gasteiger partial charge in [-0.2, -0.15) is 16.9 Å². The van der Waals surface area contributed by atoms with E-state index < -0.39 is 0 Å². The molecule has 0 spiro atoms. The lowest BCUT2D eigenvalue weighted by Gasteiger charge is -2.11. The highest BCUT2D eigenvalue weighted by molar-refractivity contribution is 7.99. The van der Waals surface area contributed by atoms with Gasteiger partial charge in [0.25, 0.3) is 5.91 Å². The largest absolute Gasteiger partial charge is 0.493 e. The molecule has 0 fully saturated rings. The van der Waals surface area contributed by atoms with Crippen LogP contribution in [-0.4, -0.2) is 41.3 Å². The molecule has 1 amide bonds. The average Bonchev–Trinajstić information content (AvgIpc) is 3.18. The lowest BCUT2D eigenvalue weighted by Crippen LogP contribution is -2.25. The van der Waals surface area contributed by atoms with Crippen molar-refractivity contribution >= 4 is 23.4 Å². The van der Waals surface area contributed by atoms with Gasteiger partial charge in [-0.1, -0.05) is 42.5 Å². The van der Waals surface area contributed by atoms with Crippen molar-refractivity contribution in [2.24, 2.45) is 5.10 Å². The monoisotopic (exact) mass is 382 g/mol. The Labute approximate surface area is 165 Å². The van der Waals surface area contributed by atoms with Crippen LogP contribution in [0.2, 0.25) is 0 Å². The first-order valence-corrected chi connectivity index (χ1v) is 10.5. The van der Waals surface area contributed by atoms with Crippen molar-refractivity contribution in [3.8, 4) is 5.75 Å². The molecular weight excluding hydrogens is 356 g/mol. The number of hydrogen-bond acceptors (Lipinski definition) is 4. The Hall–Kier alpha value is -2.27. The summed E-state index contributed by atoms with van der Waals surface area (Å²) < 4.78 is 5.86. The van der Waals surface area contributed by atoms with Gasteiger partial charge in [0.15, 0.2) is 0 Å². The molecule has 1 aliphatic heterocycles. The van der Waals surface area contributed by atoms with E-state index in [1.165, 1.54) is 5.56 Å². The predicted octanol–water partition coefficient (Wildman–Crippen LogP) is 4.44. The van der Waals surface area contributed by atoms with Gasteiger partial charge in [0, 0.05) is 6.42 Å². The summed E-state index contributed by atoms with van der Waals surface area (Å²) in [6, 6.07) is 16.3. The number of nitrogens with zero attached hydrogens (tertiary/aromatic N) is 2. The van der Waals surface area contributed by atoms with Gasteiger partial charge in [-0.15, -0.1) is 0 Å². The first-order chi connectivity index (χ1) is 13.1. The zero-order valence-corrected chi connectivity index (χ0v) is 16.8. The Morgan fingerprint density at radius 2 is 2.00 bits per heavy atom. The molecular formula is C22H26N2O2S. The van der Waals surface area contributed by atoms with Crippen LogP contribution in [0.1, 0.15) is 29.5 Å². The van der Waals surface area contributed by atoms with Gasteiger partial charge in [0.2, 0.25) is 0 Å². The highest BCUT2D eigenvalue weighted by atomic mass is 32.2. The number of rotatable bonds is 8. The molecule has 27 heavy (non-hydrogen) atoms. The molecule has 142 valence electrons. The Bertz CT molecular complexity index is 805. The van der Waals surface area contributed by atoms with Gasteiger partial charge in [-0.25, -0.2) is 5.01 Å². The van der Waals surface area contributed by atoms with Crippen molar-refractivity contribution in [2.45, 2.75) is 26.7 Å². The number of benzene rings is 2. The second-order valence-corrected chi connectivity index (χ2v) is 7.81. The number of carbonyl (C=O) groups excluding carboxylic acids is 1. The van der Waals surface area contributed by atoms with Crippen LogP contribution in [-0.2, 0) is 4.79 Å². The third-order valence-electron chi connectivity index (χ3n) is 4.46. The van der Waals surface area contributed by atoms with Crippen LogP contribution in [0.5, 0.6) is 5.75 Å². The van der Waals surface area contributed by atoms with E-state index in [9.17, 15) is 4.79 Å². The Morgan fingerprint density at radius 3 is 2.81 bits per heavy atom. The predicted molar refractivity (Wildman–Crippen MR) is 113 cm³/mol. The molecule has 0 aromatic heterocycles. The van der Waals surface area contributed by atoms with E-state index in [1.807, 2.05) is 30.3 Å². The molecule has 0 radical (unpaired) electrons. The molecule has 0 atom stereocenters. The smallest absolute Gasteiger partial charge is 0.252 e. The quantitative estimate of drug-likeness (QED) is 0.634. The van der Waals surface area contributed by atoms with Crippen LogP contribution < -0.4 is 4.74 Å². The fourth-order valence-corrected chi connectivity index (χ4v) is 3.70. The Morgan fingerprint density at radius 1 is 1.19 bits per heavy atom. The third kappa shape index (κ3) is 5.60. The van der Waals surface area contributed by atoms with E-state index in [2.05, 4.69) is 37.1 Å². The van der Waals surface area contributed by atoms with Crippen LogP contribution in [0.25, 0.3) is 0 Å². The van der Waals surface area contributed by atoms with Crippen LogP contribution >= 0.6 is 11.8 Å². The molecule has 0 saturated heterocycles. The lowest BCUT2D eigenvalue weighted by molar-refractivity contribution is -0.127. The van der Waals surface area contributed by atoms with E-state index in [-0.39, 0.29) is 5.91 Å². The van der Waals surface area contributed by atoms with E-state index >= 15 is 0 Å². The summed E-state index contributed by atoms with van der Waals surface area (Å²) in [5.74, 6) is 2.41. The topological polar surface area (TPSA) is 41.9 Å². The van der Waals surface area contributed by atoms with E-state index in [1.54, 1.807) is 16.8 Å². The second kappa shape index (κ2) is 9.60. The van der Waals surface area contributed by atoms with Gasteiger partial charge in [-0.3, -0.25) is 4.79 Å². The number of ether oxygens (including phenoxy) is 1. The van der Waals surface area contributed by atoms with Crippen LogP contribution in [0.3, 0.4) is 0 Å². The molecule has 0 N–H and O–H groups in total. The maximum Gasteiger partial charge on any atom is 0.252 e. The van der Waals surface area contributed by atoms with Crippen molar-refractivity contribution in [3.63, 3.8) is 0 Å². The minimum atomic E-state index is 0.0846. The number of hydrazone groups is 1. The standard InChI is InChI=1S/C22H26N2O2S/c1-17-9-10-18(2)21(15-17)26-13-6-14-27-16-22(25)24-12-11-20(23-24)19-7-4-3-5-8-19/h3-5,7-10,15H,6,11-14,16H2,1-2H3. The van der Waals surface area contributed by atoms with E-state index in [4.69, 9.17) is 4.74 Å². The number of aryl methyl sites for hydroxylation is 2. The van der Waals surface area contributed by atoms with Gasteiger partial charge in [0.05, 0.1) is 24.6 Å². The average molecular weight is 383 g/mol. The molecule has 0 unspecified atom stereocenters. The highest BCUT2D eigenvalue weighted by Crippen LogP contribution is 2.20. The number of hydrogen-bond donors (Lipinski definition) is 0. The first kappa shape index (κ1) is 19.5. The van der Waals surface area contributed by atoms with Crippen molar-refractivity contribution < 1.29 is 9.53 Å². The summed E-state index contributed by atoms with van der Waals surface area (Å²) in [7, 11) is 0. The minimum absolute atomic E-state index is 0.0846. The normalized spacial score (nSPS) is 13.6. The SMILES string of the molecule is Cc1ccc(C)c(OCCCSCC(=O)N2CCC(c3ccccc3)=N2)c1. The fourth-order valence-electron chi connectivity index (χ4n) is 2.91. The van der Waals surface area contributed by atoms with Gasteiger partial charge < -0.3 is 4.74 Å². The van der Waals surface area contributed by atoms with E-state index in [0.29, 0.717) is 18.9 Å².